The van der Waals surface area contributed by atoms with Gasteiger partial charge in [0.1, 0.15) is 5.82 Å². The third-order valence-electron chi connectivity index (χ3n) is 5.16. The first-order valence-corrected chi connectivity index (χ1v) is 9.62. The Morgan fingerprint density at radius 1 is 1.23 bits per heavy atom. The molecule has 1 aromatic carbocycles. The largest absolute Gasteiger partial charge is 0.383 e. The van der Waals surface area contributed by atoms with Crippen molar-refractivity contribution in [1.82, 2.24) is 24.6 Å². The lowest BCUT2D eigenvalue weighted by molar-refractivity contribution is 0.0688. The minimum Gasteiger partial charge on any atom is -0.383 e. The molecule has 3 aromatic heterocycles. The quantitative estimate of drug-likeness (QED) is 0.534. The van der Waals surface area contributed by atoms with E-state index in [2.05, 4.69) is 21.0 Å². The van der Waals surface area contributed by atoms with Crippen molar-refractivity contribution in [2.24, 2.45) is 7.05 Å². The van der Waals surface area contributed by atoms with E-state index >= 15 is 0 Å². The zero-order valence-electron chi connectivity index (χ0n) is 17.1. The Morgan fingerprint density at radius 3 is 2.70 bits per heavy atom. The number of nitrogens with zero attached hydrogens (tertiary/aromatic N) is 5. The maximum absolute atomic E-state index is 13.4. The molecular formula is C23H22N6O. The monoisotopic (exact) mass is 398 g/mol. The molecule has 0 aliphatic rings. The second-order valence-corrected chi connectivity index (χ2v) is 7.47. The van der Waals surface area contributed by atoms with Gasteiger partial charge in [0.25, 0.3) is 5.91 Å². The Hall–Kier alpha value is -3.92. The molecule has 0 saturated heterocycles. The van der Waals surface area contributed by atoms with Crippen LogP contribution in [0.4, 0.5) is 5.82 Å². The van der Waals surface area contributed by atoms with Crippen LogP contribution in [0.15, 0.2) is 42.7 Å². The van der Waals surface area contributed by atoms with Crippen molar-refractivity contribution in [3.8, 4) is 12.3 Å². The number of anilines is 1. The highest BCUT2D eigenvalue weighted by Crippen LogP contribution is 2.28. The predicted octanol–water partition coefficient (Wildman–Crippen LogP) is 3.13. The Bertz CT molecular complexity index is 1300. The third-order valence-corrected chi connectivity index (χ3v) is 5.16. The summed E-state index contributed by atoms with van der Waals surface area (Å²) in [5.41, 5.74) is 9.71. The molecule has 7 heteroatoms. The number of pyridine rings is 2. The SMILES string of the molecule is C#Cc1ccc(CN(C(=O)c2ccc3nc(N)c4cnn(C)c4c3c2)C(C)C)nc1. The van der Waals surface area contributed by atoms with E-state index in [1.165, 1.54) is 0 Å². The Balaban J connectivity index is 1.74. The topological polar surface area (TPSA) is 89.9 Å². The molecule has 0 spiro atoms. The van der Waals surface area contributed by atoms with Crippen molar-refractivity contribution < 1.29 is 4.79 Å². The molecule has 0 unspecified atom stereocenters. The number of benzene rings is 1. The molecule has 4 rings (SSSR count). The summed E-state index contributed by atoms with van der Waals surface area (Å²) in [5.74, 6) is 2.90. The van der Waals surface area contributed by atoms with E-state index in [1.807, 2.05) is 45.2 Å². The summed E-state index contributed by atoms with van der Waals surface area (Å²) in [6, 6.07) is 9.13. The van der Waals surface area contributed by atoms with Crippen molar-refractivity contribution >= 4 is 33.5 Å². The average Bonchev–Trinajstić information content (AvgIpc) is 3.14. The molecule has 0 radical (unpaired) electrons. The Labute approximate surface area is 174 Å². The van der Waals surface area contributed by atoms with Crippen LogP contribution in [0.25, 0.3) is 21.8 Å². The molecule has 0 atom stereocenters. The van der Waals surface area contributed by atoms with Gasteiger partial charge in [-0.2, -0.15) is 5.10 Å². The van der Waals surface area contributed by atoms with Crippen LogP contribution in [0.3, 0.4) is 0 Å². The van der Waals surface area contributed by atoms with E-state index < -0.39 is 0 Å². The summed E-state index contributed by atoms with van der Waals surface area (Å²) in [5, 5.41) is 5.90. The van der Waals surface area contributed by atoms with Gasteiger partial charge in [0.15, 0.2) is 0 Å². The molecule has 0 saturated carbocycles. The summed E-state index contributed by atoms with van der Waals surface area (Å²) in [6.45, 7) is 4.35. The zero-order valence-corrected chi connectivity index (χ0v) is 17.1. The summed E-state index contributed by atoms with van der Waals surface area (Å²) >= 11 is 0. The first-order valence-electron chi connectivity index (χ1n) is 9.62. The molecule has 4 aromatic rings. The molecule has 2 N–H and O–H groups in total. The maximum atomic E-state index is 13.4. The lowest BCUT2D eigenvalue weighted by Gasteiger charge is -2.26. The van der Waals surface area contributed by atoms with Crippen LogP contribution in [0.1, 0.15) is 35.5 Å². The first-order chi connectivity index (χ1) is 14.4. The molecule has 1 amide bonds. The molecule has 0 aliphatic carbocycles. The number of aryl methyl sites for hydroxylation is 1. The predicted molar refractivity (Wildman–Crippen MR) is 118 cm³/mol. The summed E-state index contributed by atoms with van der Waals surface area (Å²) < 4.78 is 1.75. The van der Waals surface area contributed by atoms with Crippen LogP contribution in [-0.2, 0) is 13.6 Å². The van der Waals surface area contributed by atoms with Gasteiger partial charge < -0.3 is 10.6 Å². The van der Waals surface area contributed by atoms with E-state index in [0.29, 0.717) is 23.5 Å². The highest BCUT2D eigenvalue weighted by atomic mass is 16.2. The third kappa shape index (κ3) is 3.33. The number of nitrogens with two attached hydrogens (primary N) is 1. The molecular weight excluding hydrogens is 376 g/mol. The maximum Gasteiger partial charge on any atom is 0.254 e. The molecule has 0 fully saturated rings. The zero-order chi connectivity index (χ0) is 21.4. The fourth-order valence-electron chi connectivity index (χ4n) is 3.52. The number of rotatable bonds is 4. The molecule has 7 nitrogen and oxygen atoms in total. The van der Waals surface area contributed by atoms with Gasteiger partial charge in [0.2, 0.25) is 0 Å². The number of amides is 1. The molecule has 0 bridgehead atoms. The fourth-order valence-corrected chi connectivity index (χ4v) is 3.52. The highest BCUT2D eigenvalue weighted by molar-refractivity contribution is 6.10. The number of aromatic nitrogens is 4. The molecule has 0 aliphatic heterocycles. The lowest BCUT2D eigenvalue weighted by Crippen LogP contribution is -2.36. The molecule has 150 valence electrons. The van der Waals surface area contributed by atoms with Gasteiger partial charge in [-0.25, -0.2) is 4.98 Å². The van der Waals surface area contributed by atoms with E-state index in [0.717, 1.165) is 27.5 Å². The number of hydrogen-bond donors (Lipinski definition) is 1. The van der Waals surface area contributed by atoms with Gasteiger partial charge in [-0.1, -0.05) is 5.92 Å². The van der Waals surface area contributed by atoms with Crippen LogP contribution >= 0.6 is 0 Å². The highest BCUT2D eigenvalue weighted by Gasteiger charge is 2.21. The lowest BCUT2D eigenvalue weighted by atomic mass is 10.1. The minimum absolute atomic E-state index is 0.0106. The number of nitrogen functional groups attached to an aromatic ring is 1. The Morgan fingerprint density at radius 2 is 2.03 bits per heavy atom. The van der Waals surface area contributed by atoms with Gasteiger partial charge in [-0.3, -0.25) is 14.5 Å². The van der Waals surface area contributed by atoms with Crippen molar-refractivity contribution in [3.05, 3.63) is 59.5 Å². The van der Waals surface area contributed by atoms with Crippen LogP contribution in [0, 0.1) is 12.3 Å². The van der Waals surface area contributed by atoms with Gasteiger partial charge in [0, 0.05) is 35.8 Å². The van der Waals surface area contributed by atoms with Crippen LogP contribution in [-0.4, -0.2) is 36.6 Å². The number of carbonyl (C=O) groups excluding carboxylic acids is 1. The van der Waals surface area contributed by atoms with Crippen molar-refractivity contribution in [3.63, 3.8) is 0 Å². The van der Waals surface area contributed by atoms with Crippen molar-refractivity contribution in [2.75, 3.05) is 5.73 Å². The fraction of sp³-hybridized carbons (Fsp3) is 0.217. The minimum atomic E-state index is -0.0816. The summed E-state index contributed by atoms with van der Waals surface area (Å²) in [7, 11) is 1.85. The van der Waals surface area contributed by atoms with E-state index in [-0.39, 0.29) is 11.9 Å². The standard InChI is InChI=1S/C23H22N6O/c1-5-15-6-8-17(25-11-15)13-29(14(2)3)23(30)16-7-9-20-18(10-16)21-19(22(24)27-20)12-26-28(21)4/h1,6-12,14H,13H2,2-4H3,(H2,24,27). The Kier molecular flexibility index (Phi) is 4.84. The number of fused-ring (bicyclic) bond motifs is 3. The number of terminal acetylenes is 1. The molecule has 30 heavy (non-hydrogen) atoms. The van der Waals surface area contributed by atoms with E-state index in [9.17, 15) is 4.79 Å². The van der Waals surface area contributed by atoms with E-state index in [4.69, 9.17) is 12.2 Å². The number of carbonyl (C=O) groups is 1. The van der Waals surface area contributed by atoms with E-state index in [1.54, 1.807) is 28.0 Å². The van der Waals surface area contributed by atoms with Gasteiger partial charge in [-0.15, -0.1) is 6.42 Å². The van der Waals surface area contributed by atoms with Gasteiger partial charge >= 0.3 is 0 Å². The van der Waals surface area contributed by atoms with Crippen LogP contribution in [0.2, 0.25) is 0 Å². The average molecular weight is 398 g/mol. The van der Waals surface area contributed by atoms with Crippen LogP contribution in [0.5, 0.6) is 0 Å². The van der Waals surface area contributed by atoms with Gasteiger partial charge in [-0.05, 0) is 44.2 Å². The van der Waals surface area contributed by atoms with Crippen LogP contribution < -0.4 is 5.73 Å². The van der Waals surface area contributed by atoms with Crippen molar-refractivity contribution in [1.29, 1.82) is 0 Å². The smallest absolute Gasteiger partial charge is 0.254 e. The van der Waals surface area contributed by atoms with Gasteiger partial charge in [0.05, 0.1) is 34.9 Å². The summed E-state index contributed by atoms with van der Waals surface area (Å²) in [4.78, 5) is 24.0. The normalized spacial score (nSPS) is 11.2. The second kappa shape index (κ2) is 7.48. The van der Waals surface area contributed by atoms with Crippen molar-refractivity contribution in [2.45, 2.75) is 26.4 Å². The second-order valence-electron chi connectivity index (χ2n) is 7.47. The molecule has 3 heterocycles. The first kappa shape index (κ1) is 19.4. The summed E-state index contributed by atoms with van der Waals surface area (Å²) in [6.07, 6.45) is 8.73. The number of hydrogen-bond acceptors (Lipinski definition) is 5.